The molecule has 2 aliphatic rings. The molecule has 0 spiro atoms. The average Bonchev–Trinajstić information content (AvgIpc) is 3.49. The van der Waals surface area contributed by atoms with Gasteiger partial charge in [0.15, 0.2) is 11.0 Å². The van der Waals surface area contributed by atoms with Crippen molar-refractivity contribution in [1.82, 2.24) is 4.90 Å². The average molecular weight is 407 g/mol. The van der Waals surface area contributed by atoms with Gasteiger partial charge in [-0.2, -0.15) is 0 Å². The number of carbonyl (C=O) groups excluding carboxylic acids is 3. The lowest BCUT2D eigenvalue weighted by atomic mass is 10.1. The van der Waals surface area contributed by atoms with E-state index >= 15 is 0 Å². The predicted octanol–water partition coefficient (Wildman–Crippen LogP) is 4.01. The third-order valence-corrected chi connectivity index (χ3v) is 5.96. The Morgan fingerprint density at radius 3 is 2.41 bits per heavy atom. The van der Waals surface area contributed by atoms with Crippen LogP contribution in [0.3, 0.4) is 0 Å². The number of nitrogens with zero attached hydrogens (tertiary/aromatic N) is 2. The first kappa shape index (κ1) is 19.4. The molecule has 148 valence electrons. The number of nitrogens with one attached hydrogen (secondary N) is 1. The maximum Gasteiger partial charge on any atom is 0.242 e. The van der Waals surface area contributed by atoms with Gasteiger partial charge in [0.05, 0.1) is 5.69 Å². The van der Waals surface area contributed by atoms with Crippen LogP contribution in [0, 0.1) is 0 Å². The molecule has 2 aromatic rings. The summed E-state index contributed by atoms with van der Waals surface area (Å²) in [5, 5.41) is 3.00. The van der Waals surface area contributed by atoms with Gasteiger partial charge in [-0.05, 0) is 56.2 Å². The van der Waals surface area contributed by atoms with Gasteiger partial charge in [-0.1, -0.05) is 30.0 Å². The van der Waals surface area contributed by atoms with E-state index in [9.17, 15) is 14.4 Å². The van der Waals surface area contributed by atoms with Gasteiger partial charge >= 0.3 is 0 Å². The van der Waals surface area contributed by atoms with E-state index < -0.39 is 5.25 Å². The van der Waals surface area contributed by atoms with Gasteiger partial charge in [-0.3, -0.25) is 19.3 Å². The molecule has 1 unspecified atom stereocenters. The third-order valence-electron chi connectivity index (χ3n) is 4.81. The number of hydrogen-bond donors (Lipinski definition) is 1. The van der Waals surface area contributed by atoms with Crippen molar-refractivity contribution in [2.75, 3.05) is 5.32 Å². The molecule has 1 atom stereocenters. The van der Waals surface area contributed by atoms with Crippen LogP contribution in [0.4, 0.5) is 11.4 Å². The van der Waals surface area contributed by atoms with Crippen LogP contribution in [0.1, 0.15) is 36.5 Å². The van der Waals surface area contributed by atoms with Gasteiger partial charge in [0.25, 0.3) is 0 Å². The summed E-state index contributed by atoms with van der Waals surface area (Å²) in [6, 6.07) is 16.5. The summed E-state index contributed by atoms with van der Waals surface area (Å²) >= 11 is 1.36. The number of amidine groups is 1. The molecule has 0 radical (unpaired) electrons. The van der Waals surface area contributed by atoms with Gasteiger partial charge < -0.3 is 5.32 Å². The van der Waals surface area contributed by atoms with Gasteiger partial charge in [0.2, 0.25) is 11.8 Å². The number of thioether (sulfide) groups is 1. The van der Waals surface area contributed by atoms with Crippen molar-refractivity contribution in [1.29, 1.82) is 0 Å². The largest absolute Gasteiger partial charge is 0.326 e. The Labute approximate surface area is 173 Å². The van der Waals surface area contributed by atoms with Crippen LogP contribution in [-0.2, 0) is 9.59 Å². The van der Waals surface area contributed by atoms with E-state index in [0.29, 0.717) is 16.4 Å². The zero-order valence-electron chi connectivity index (χ0n) is 16.0. The molecule has 2 amide bonds. The van der Waals surface area contributed by atoms with E-state index in [4.69, 9.17) is 0 Å². The van der Waals surface area contributed by atoms with E-state index in [0.717, 1.165) is 18.5 Å². The Kier molecular flexibility index (Phi) is 5.49. The number of ketones is 1. The Bertz CT molecular complexity index is 969. The van der Waals surface area contributed by atoms with Crippen LogP contribution in [0.2, 0.25) is 0 Å². The molecule has 0 aromatic heterocycles. The van der Waals surface area contributed by atoms with Crippen molar-refractivity contribution in [3.8, 4) is 0 Å². The van der Waals surface area contributed by atoms with Crippen LogP contribution in [0.25, 0.3) is 0 Å². The number of para-hydroxylation sites is 1. The molecule has 1 aliphatic carbocycles. The third kappa shape index (κ3) is 4.56. The number of hydrogen-bond acceptors (Lipinski definition) is 5. The monoisotopic (exact) mass is 407 g/mol. The van der Waals surface area contributed by atoms with Crippen molar-refractivity contribution in [3.63, 3.8) is 0 Å². The topological polar surface area (TPSA) is 78.8 Å². The molecule has 7 heteroatoms. The normalized spacial score (nSPS) is 20.2. The van der Waals surface area contributed by atoms with E-state index in [-0.39, 0.29) is 30.1 Å². The van der Waals surface area contributed by atoms with Gasteiger partial charge in [-0.25, -0.2) is 4.99 Å². The molecule has 2 fully saturated rings. The lowest BCUT2D eigenvalue weighted by Crippen LogP contribution is -2.35. The van der Waals surface area contributed by atoms with Crippen LogP contribution >= 0.6 is 11.8 Å². The molecule has 1 heterocycles. The van der Waals surface area contributed by atoms with Crippen LogP contribution in [-0.4, -0.2) is 39.0 Å². The molecule has 2 aromatic carbocycles. The zero-order chi connectivity index (χ0) is 20.4. The molecule has 1 saturated heterocycles. The number of amides is 2. The van der Waals surface area contributed by atoms with Gasteiger partial charge in [-0.15, -0.1) is 0 Å². The smallest absolute Gasteiger partial charge is 0.242 e. The SMILES string of the molecule is CC(=O)c1ccc(NC(=O)CC2SC(=Nc3ccccc3)N(C3CC3)C2=O)cc1. The summed E-state index contributed by atoms with van der Waals surface area (Å²) < 4.78 is 0. The Hall–Kier alpha value is -2.93. The van der Waals surface area contributed by atoms with E-state index in [2.05, 4.69) is 10.3 Å². The zero-order valence-corrected chi connectivity index (χ0v) is 16.8. The molecule has 29 heavy (non-hydrogen) atoms. The fourth-order valence-corrected chi connectivity index (χ4v) is 4.36. The summed E-state index contributed by atoms with van der Waals surface area (Å²) in [4.78, 5) is 43.1. The highest BCUT2D eigenvalue weighted by Gasteiger charge is 2.46. The first-order valence-corrected chi connectivity index (χ1v) is 10.4. The number of anilines is 1. The van der Waals surface area contributed by atoms with Crippen molar-refractivity contribution in [2.24, 2.45) is 4.99 Å². The minimum atomic E-state index is -0.477. The summed E-state index contributed by atoms with van der Waals surface area (Å²) in [7, 11) is 0. The van der Waals surface area contributed by atoms with E-state index in [1.54, 1.807) is 29.2 Å². The fourth-order valence-electron chi connectivity index (χ4n) is 3.14. The minimum absolute atomic E-state index is 0.0266. The second-order valence-corrected chi connectivity index (χ2v) is 8.33. The van der Waals surface area contributed by atoms with Crippen LogP contribution < -0.4 is 5.32 Å². The second-order valence-electron chi connectivity index (χ2n) is 7.16. The van der Waals surface area contributed by atoms with E-state index in [1.165, 1.54) is 18.7 Å². The fraction of sp³-hybridized carbons (Fsp3) is 0.273. The highest BCUT2D eigenvalue weighted by Crippen LogP contribution is 2.39. The first-order chi connectivity index (χ1) is 14.0. The second kappa shape index (κ2) is 8.21. The van der Waals surface area contributed by atoms with E-state index in [1.807, 2.05) is 30.3 Å². The maximum absolute atomic E-state index is 12.9. The summed E-state index contributed by atoms with van der Waals surface area (Å²) in [5.41, 5.74) is 1.99. The summed E-state index contributed by atoms with van der Waals surface area (Å²) in [6.07, 6.45) is 2.03. The lowest BCUT2D eigenvalue weighted by molar-refractivity contribution is -0.128. The highest BCUT2D eigenvalue weighted by molar-refractivity contribution is 8.15. The number of aliphatic imine (C=N–C) groups is 1. The molecular formula is C22H21N3O3S. The molecule has 4 rings (SSSR count). The van der Waals surface area contributed by atoms with Gasteiger partial charge in [0, 0.05) is 23.7 Å². The first-order valence-electron chi connectivity index (χ1n) is 9.55. The van der Waals surface area contributed by atoms with Crippen LogP contribution in [0.5, 0.6) is 0 Å². The Morgan fingerprint density at radius 1 is 1.10 bits per heavy atom. The molecule has 0 bridgehead atoms. The highest BCUT2D eigenvalue weighted by atomic mass is 32.2. The standard InChI is InChI=1S/C22H21N3O3S/c1-14(26)15-7-9-17(10-8-15)23-20(27)13-19-21(28)25(18-11-12-18)22(29-19)24-16-5-3-2-4-6-16/h2-10,18-19H,11-13H2,1H3,(H,23,27). The van der Waals surface area contributed by atoms with Gasteiger partial charge in [0.1, 0.15) is 5.25 Å². The molecular weight excluding hydrogens is 386 g/mol. The Morgan fingerprint density at radius 2 is 1.79 bits per heavy atom. The maximum atomic E-state index is 12.9. The van der Waals surface area contributed by atoms with Crippen molar-refractivity contribution >= 4 is 45.9 Å². The molecule has 6 nitrogen and oxygen atoms in total. The van der Waals surface area contributed by atoms with Crippen molar-refractivity contribution < 1.29 is 14.4 Å². The number of benzene rings is 2. The van der Waals surface area contributed by atoms with Crippen molar-refractivity contribution in [3.05, 3.63) is 60.2 Å². The number of carbonyl (C=O) groups is 3. The minimum Gasteiger partial charge on any atom is -0.326 e. The molecule has 1 saturated carbocycles. The number of rotatable bonds is 6. The molecule has 1 N–H and O–H groups in total. The van der Waals surface area contributed by atoms with Crippen LogP contribution in [0.15, 0.2) is 59.6 Å². The molecule has 1 aliphatic heterocycles. The summed E-state index contributed by atoms with van der Waals surface area (Å²) in [6.45, 7) is 1.50. The Balaban J connectivity index is 1.44. The predicted molar refractivity (Wildman–Crippen MR) is 114 cm³/mol. The number of Topliss-reactive ketones (excluding diaryl/α,β-unsaturated/α-hetero) is 1. The lowest BCUT2D eigenvalue weighted by Gasteiger charge is -2.15. The quantitative estimate of drug-likeness (QED) is 0.734. The summed E-state index contributed by atoms with van der Waals surface area (Å²) in [5.74, 6) is -0.307. The van der Waals surface area contributed by atoms with Crippen molar-refractivity contribution in [2.45, 2.75) is 37.5 Å².